The van der Waals surface area contributed by atoms with Gasteiger partial charge in [-0.3, -0.25) is 10.0 Å². The number of benzene rings is 1. The van der Waals surface area contributed by atoms with E-state index in [1.165, 1.54) is 57.1 Å². The maximum absolute atomic E-state index is 12.4. The minimum Gasteiger partial charge on any atom is -0.494 e. The van der Waals surface area contributed by atoms with Crippen LogP contribution in [0, 0.1) is 5.92 Å². The Kier molecular flexibility index (Phi) is 6.42. The molecule has 2 rings (SSSR count). The molecule has 1 aliphatic rings. The lowest BCUT2D eigenvalue weighted by atomic mass is 10.1. The van der Waals surface area contributed by atoms with Crippen LogP contribution in [0.5, 0.6) is 5.75 Å². The molecule has 25 heavy (non-hydrogen) atoms. The van der Waals surface area contributed by atoms with Gasteiger partial charge in [0.15, 0.2) is 0 Å². The number of nitrogens with one attached hydrogen (secondary N) is 2. The van der Waals surface area contributed by atoms with Crippen LogP contribution in [0.4, 0.5) is 0 Å². The lowest BCUT2D eigenvalue weighted by Gasteiger charge is -2.23. The van der Waals surface area contributed by atoms with Crippen molar-refractivity contribution in [2.75, 3.05) is 6.61 Å². The van der Waals surface area contributed by atoms with Crippen LogP contribution >= 0.6 is 0 Å². The summed E-state index contributed by atoms with van der Waals surface area (Å²) in [4.78, 5) is 11.5. The van der Waals surface area contributed by atoms with E-state index in [1.54, 1.807) is 12.1 Å². The van der Waals surface area contributed by atoms with Gasteiger partial charge in [-0.25, -0.2) is 13.9 Å². The molecule has 7 nitrogen and oxygen atoms in total. The summed E-state index contributed by atoms with van der Waals surface area (Å²) in [6.07, 6.45) is 6.16. The second-order valence-electron chi connectivity index (χ2n) is 6.93. The first-order valence-electron chi connectivity index (χ1n) is 8.46. The van der Waals surface area contributed by atoms with E-state index in [0.29, 0.717) is 12.4 Å². The highest BCUT2D eigenvalue weighted by molar-refractivity contribution is 7.89. The summed E-state index contributed by atoms with van der Waals surface area (Å²) in [5.74, 6) is 0.510. The van der Waals surface area contributed by atoms with Crippen LogP contribution in [-0.4, -0.2) is 31.7 Å². The molecule has 1 saturated carbocycles. The monoisotopic (exact) mass is 370 g/mol. The van der Waals surface area contributed by atoms with E-state index in [-0.39, 0.29) is 4.90 Å². The fourth-order valence-electron chi connectivity index (χ4n) is 2.94. The third-order valence-corrected chi connectivity index (χ3v) is 6.13. The van der Waals surface area contributed by atoms with Gasteiger partial charge in [0.2, 0.25) is 10.0 Å². The lowest BCUT2D eigenvalue weighted by molar-refractivity contribution is -0.134. The number of amides is 1. The first kappa shape index (κ1) is 19.7. The molecule has 0 bridgehead atoms. The van der Waals surface area contributed by atoms with Gasteiger partial charge >= 0.3 is 0 Å². The van der Waals surface area contributed by atoms with Gasteiger partial charge in [-0.1, -0.05) is 25.7 Å². The van der Waals surface area contributed by atoms with E-state index >= 15 is 0 Å². The number of hydrogen-bond acceptors (Lipinski definition) is 5. The Bertz CT molecular complexity index is 679. The predicted molar refractivity (Wildman–Crippen MR) is 92.8 cm³/mol. The van der Waals surface area contributed by atoms with E-state index < -0.39 is 21.5 Å². The quantitative estimate of drug-likeness (QED) is 0.481. The van der Waals surface area contributed by atoms with E-state index in [0.717, 1.165) is 12.3 Å². The topological polar surface area (TPSA) is 105 Å². The summed E-state index contributed by atoms with van der Waals surface area (Å²) >= 11 is 0. The molecular formula is C17H26N2O5S. The number of hydroxylamine groups is 1. The Morgan fingerprint density at radius 3 is 2.40 bits per heavy atom. The number of ether oxygens (including phenoxy) is 1. The average molecular weight is 370 g/mol. The first-order valence-corrected chi connectivity index (χ1v) is 9.94. The van der Waals surface area contributed by atoms with Crippen LogP contribution in [-0.2, 0) is 14.8 Å². The zero-order valence-electron chi connectivity index (χ0n) is 14.6. The van der Waals surface area contributed by atoms with Crippen molar-refractivity contribution >= 4 is 15.9 Å². The smallest absolute Gasteiger partial charge is 0.264 e. The van der Waals surface area contributed by atoms with Crippen molar-refractivity contribution in [1.82, 2.24) is 10.2 Å². The van der Waals surface area contributed by atoms with Gasteiger partial charge in [-0.2, -0.15) is 4.72 Å². The minimum atomic E-state index is -3.90. The standard InChI is InChI=1S/C17H26N2O5S/c1-17(2,16(20)18-21)19-25(22,23)15-9-7-14(8-10-15)24-12-11-13-5-3-4-6-13/h7-10,13,19,21H,3-6,11-12H2,1-2H3,(H,18,20). The van der Waals surface area contributed by atoms with E-state index in [9.17, 15) is 13.2 Å². The molecule has 1 amide bonds. The van der Waals surface area contributed by atoms with Crippen molar-refractivity contribution in [3.05, 3.63) is 24.3 Å². The third kappa shape index (κ3) is 5.42. The van der Waals surface area contributed by atoms with E-state index in [4.69, 9.17) is 9.94 Å². The molecule has 0 radical (unpaired) electrons. The zero-order valence-corrected chi connectivity index (χ0v) is 15.4. The highest BCUT2D eigenvalue weighted by atomic mass is 32.2. The van der Waals surface area contributed by atoms with Gasteiger partial charge < -0.3 is 4.74 Å². The highest BCUT2D eigenvalue weighted by Gasteiger charge is 2.33. The number of carbonyl (C=O) groups excluding carboxylic acids is 1. The Morgan fingerprint density at radius 1 is 1.24 bits per heavy atom. The summed E-state index contributed by atoms with van der Waals surface area (Å²) in [5.41, 5.74) is -0.0334. The normalized spacial score (nSPS) is 16.0. The molecule has 0 heterocycles. The molecular weight excluding hydrogens is 344 g/mol. The van der Waals surface area contributed by atoms with Gasteiger partial charge in [0.05, 0.1) is 11.5 Å². The summed E-state index contributed by atoms with van der Waals surface area (Å²) in [5, 5.41) is 8.68. The largest absolute Gasteiger partial charge is 0.494 e. The molecule has 0 unspecified atom stereocenters. The van der Waals surface area contributed by atoms with Crippen LogP contribution in [0.1, 0.15) is 46.0 Å². The summed E-state index contributed by atoms with van der Waals surface area (Å²) < 4.78 is 32.6. The maximum Gasteiger partial charge on any atom is 0.264 e. The molecule has 0 saturated heterocycles. The van der Waals surface area contributed by atoms with E-state index in [2.05, 4.69) is 4.72 Å². The van der Waals surface area contributed by atoms with Crippen LogP contribution in [0.15, 0.2) is 29.2 Å². The summed E-state index contributed by atoms with van der Waals surface area (Å²) in [6.45, 7) is 3.34. The Labute approximate surface area is 148 Å². The van der Waals surface area contributed by atoms with Crippen molar-refractivity contribution in [2.24, 2.45) is 5.92 Å². The molecule has 1 fully saturated rings. The van der Waals surface area contributed by atoms with Crippen molar-refractivity contribution in [3.8, 4) is 5.75 Å². The first-order chi connectivity index (χ1) is 11.7. The Balaban J connectivity index is 1.94. The lowest BCUT2D eigenvalue weighted by Crippen LogP contribution is -2.53. The summed E-state index contributed by atoms with van der Waals surface area (Å²) in [6, 6.07) is 6.06. The van der Waals surface area contributed by atoms with Crippen molar-refractivity contribution in [2.45, 2.75) is 56.4 Å². The highest BCUT2D eigenvalue weighted by Crippen LogP contribution is 2.27. The SMILES string of the molecule is CC(C)(NS(=O)(=O)c1ccc(OCCC2CCCC2)cc1)C(=O)NO. The van der Waals surface area contributed by atoms with Crippen molar-refractivity contribution in [1.29, 1.82) is 0 Å². The van der Waals surface area contributed by atoms with E-state index in [1.807, 2.05) is 0 Å². The van der Waals surface area contributed by atoms with Gasteiger partial charge in [-0.05, 0) is 50.5 Å². The third-order valence-electron chi connectivity index (χ3n) is 4.46. The molecule has 0 aromatic heterocycles. The van der Waals surface area contributed by atoms with Crippen molar-refractivity contribution < 1.29 is 23.2 Å². The Hall–Kier alpha value is -1.64. The number of rotatable bonds is 8. The fourth-order valence-corrected chi connectivity index (χ4v) is 4.32. The number of carbonyl (C=O) groups is 1. The molecule has 0 aliphatic heterocycles. The predicted octanol–water partition coefficient (Wildman–Crippen LogP) is 2.21. The molecule has 140 valence electrons. The number of sulfonamides is 1. The molecule has 0 spiro atoms. The van der Waals surface area contributed by atoms with Crippen LogP contribution in [0.25, 0.3) is 0 Å². The molecule has 1 aliphatic carbocycles. The zero-order chi connectivity index (χ0) is 18.5. The second-order valence-corrected chi connectivity index (χ2v) is 8.61. The molecule has 8 heteroatoms. The van der Waals surface area contributed by atoms with Crippen LogP contribution in [0.3, 0.4) is 0 Å². The van der Waals surface area contributed by atoms with Gasteiger partial charge in [0.1, 0.15) is 11.3 Å². The van der Waals surface area contributed by atoms with Crippen LogP contribution in [0.2, 0.25) is 0 Å². The number of hydrogen-bond donors (Lipinski definition) is 3. The second kappa shape index (κ2) is 8.16. The van der Waals surface area contributed by atoms with Gasteiger partial charge in [0, 0.05) is 0 Å². The molecule has 3 N–H and O–H groups in total. The fraction of sp³-hybridized carbons (Fsp3) is 0.588. The minimum absolute atomic E-state index is 0.0226. The molecule has 1 aromatic rings. The molecule has 1 aromatic carbocycles. The summed E-state index contributed by atoms with van der Waals surface area (Å²) in [7, 11) is -3.90. The van der Waals surface area contributed by atoms with Crippen LogP contribution < -0.4 is 14.9 Å². The average Bonchev–Trinajstić information content (AvgIpc) is 3.07. The molecule has 0 atom stereocenters. The maximum atomic E-state index is 12.4. The van der Waals surface area contributed by atoms with Crippen molar-refractivity contribution in [3.63, 3.8) is 0 Å². The Morgan fingerprint density at radius 2 is 1.84 bits per heavy atom. The van der Waals surface area contributed by atoms with Gasteiger partial charge in [-0.15, -0.1) is 0 Å². The van der Waals surface area contributed by atoms with Gasteiger partial charge in [0.25, 0.3) is 5.91 Å².